The minimum atomic E-state index is -2.90. The fourth-order valence-corrected chi connectivity index (χ4v) is 1.66. The summed E-state index contributed by atoms with van der Waals surface area (Å²) in [6.45, 7) is -1.02. The lowest BCUT2D eigenvalue weighted by molar-refractivity contribution is -0.136. The second-order valence-corrected chi connectivity index (χ2v) is 3.52. The van der Waals surface area contributed by atoms with E-state index in [1.54, 1.807) is 12.1 Å². The highest BCUT2D eigenvalue weighted by Gasteiger charge is 2.13. The first-order valence-electron chi connectivity index (χ1n) is 5.32. The Kier molecular flexibility index (Phi) is 4.87. The Hall–Kier alpha value is -1.65. The van der Waals surface area contributed by atoms with Crippen LogP contribution in [0.3, 0.4) is 0 Å². The summed E-state index contributed by atoms with van der Waals surface area (Å²) in [5, 5.41) is 8.62. The Bertz CT molecular complexity index is 391. The summed E-state index contributed by atoms with van der Waals surface area (Å²) in [5.74, 6) is -0.889. The molecule has 3 nitrogen and oxygen atoms in total. The normalized spacial score (nSPS) is 10.6. The Labute approximate surface area is 98.0 Å². The molecular weight excluding hydrogens is 230 g/mol. The molecule has 5 heteroatoms. The van der Waals surface area contributed by atoms with Crippen LogP contribution in [0.25, 0.3) is 0 Å². The van der Waals surface area contributed by atoms with Gasteiger partial charge in [0.2, 0.25) is 0 Å². The van der Waals surface area contributed by atoms with Gasteiger partial charge in [-0.2, -0.15) is 8.78 Å². The highest BCUT2D eigenvalue weighted by Crippen LogP contribution is 2.26. The van der Waals surface area contributed by atoms with Crippen molar-refractivity contribution in [3.63, 3.8) is 0 Å². The molecule has 0 amide bonds. The van der Waals surface area contributed by atoms with E-state index in [1.165, 1.54) is 6.07 Å². The van der Waals surface area contributed by atoms with Gasteiger partial charge in [0.05, 0.1) is 0 Å². The molecule has 1 aromatic carbocycles. The fourth-order valence-electron chi connectivity index (χ4n) is 1.66. The predicted molar refractivity (Wildman–Crippen MR) is 58.4 cm³/mol. The van der Waals surface area contributed by atoms with E-state index in [2.05, 4.69) is 4.74 Å². The number of ether oxygens (including phenoxy) is 1. The van der Waals surface area contributed by atoms with E-state index in [9.17, 15) is 13.6 Å². The summed E-state index contributed by atoms with van der Waals surface area (Å²) >= 11 is 0. The Balaban J connectivity index is 2.97. The Morgan fingerprint density at radius 1 is 1.47 bits per heavy atom. The van der Waals surface area contributed by atoms with Gasteiger partial charge in [0.25, 0.3) is 0 Å². The summed E-state index contributed by atoms with van der Waals surface area (Å²) < 4.78 is 28.8. The Morgan fingerprint density at radius 2 is 2.18 bits per heavy atom. The van der Waals surface area contributed by atoms with E-state index in [0.717, 1.165) is 5.56 Å². The molecule has 94 valence electrons. The molecular formula is C12H14F2O3. The Morgan fingerprint density at radius 3 is 2.71 bits per heavy atom. The van der Waals surface area contributed by atoms with Crippen molar-refractivity contribution in [1.29, 1.82) is 0 Å². The molecule has 0 aliphatic carbocycles. The number of rotatable bonds is 6. The third kappa shape index (κ3) is 4.01. The smallest absolute Gasteiger partial charge is 0.387 e. The van der Waals surface area contributed by atoms with E-state index in [1.807, 2.05) is 6.92 Å². The van der Waals surface area contributed by atoms with Crippen LogP contribution in [0.5, 0.6) is 5.75 Å². The maximum absolute atomic E-state index is 12.2. The molecule has 1 N–H and O–H groups in total. The van der Waals surface area contributed by atoms with E-state index >= 15 is 0 Å². The molecule has 0 bridgehead atoms. The average Bonchev–Trinajstić information content (AvgIpc) is 2.26. The second kappa shape index (κ2) is 6.18. The monoisotopic (exact) mass is 244 g/mol. The minimum Gasteiger partial charge on any atom is -0.481 e. The van der Waals surface area contributed by atoms with Crippen LogP contribution in [0.4, 0.5) is 8.78 Å². The van der Waals surface area contributed by atoms with Gasteiger partial charge < -0.3 is 9.84 Å². The number of carboxylic acid groups (broad SMARTS) is 1. The van der Waals surface area contributed by atoms with Gasteiger partial charge in [-0.25, -0.2) is 0 Å². The lowest BCUT2D eigenvalue weighted by Crippen LogP contribution is -2.07. The topological polar surface area (TPSA) is 46.5 Å². The van der Waals surface area contributed by atoms with Gasteiger partial charge in [0.15, 0.2) is 0 Å². The molecule has 0 atom stereocenters. The van der Waals surface area contributed by atoms with Crippen LogP contribution in [0.15, 0.2) is 18.2 Å². The van der Waals surface area contributed by atoms with Crippen molar-refractivity contribution in [3.8, 4) is 5.75 Å². The van der Waals surface area contributed by atoms with Crippen LogP contribution in [0, 0.1) is 0 Å². The predicted octanol–water partition coefficient (Wildman–Crippen LogP) is 2.87. The van der Waals surface area contributed by atoms with Gasteiger partial charge >= 0.3 is 12.6 Å². The van der Waals surface area contributed by atoms with Crippen LogP contribution in [-0.2, 0) is 17.6 Å². The molecule has 0 saturated heterocycles. The third-order valence-electron chi connectivity index (χ3n) is 2.42. The van der Waals surface area contributed by atoms with Crippen molar-refractivity contribution >= 4 is 5.97 Å². The van der Waals surface area contributed by atoms with Crippen molar-refractivity contribution in [2.45, 2.75) is 32.8 Å². The molecule has 1 rings (SSSR count). The zero-order valence-electron chi connectivity index (χ0n) is 9.45. The molecule has 0 spiro atoms. The molecule has 0 heterocycles. The number of alkyl halides is 2. The minimum absolute atomic E-state index is 0.0700. The van der Waals surface area contributed by atoms with Crippen molar-refractivity contribution in [2.24, 2.45) is 0 Å². The standard InChI is InChI=1S/C12H14F2O3/c1-2-8-4-3-5-10(17-12(13)14)9(8)6-7-11(15)16/h3-5,12H,2,6-7H2,1H3,(H,15,16). The summed E-state index contributed by atoms with van der Waals surface area (Å²) in [5.41, 5.74) is 1.39. The van der Waals surface area contributed by atoms with Crippen molar-refractivity contribution in [3.05, 3.63) is 29.3 Å². The molecule has 0 aliphatic heterocycles. The summed E-state index contributed by atoms with van der Waals surface area (Å²) in [6.07, 6.45) is 0.743. The number of carboxylic acids is 1. The zero-order chi connectivity index (χ0) is 12.8. The van der Waals surface area contributed by atoms with E-state index in [0.29, 0.717) is 12.0 Å². The maximum atomic E-state index is 12.2. The van der Waals surface area contributed by atoms with Gasteiger partial charge in [-0.3, -0.25) is 4.79 Å². The number of benzene rings is 1. The van der Waals surface area contributed by atoms with Gasteiger partial charge in [-0.15, -0.1) is 0 Å². The van der Waals surface area contributed by atoms with Crippen molar-refractivity contribution < 1.29 is 23.4 Å². The van der Waals surface area contributed by atoms with E-state index in [-0.39, 0.29) is 18.6 Å². The van der Waals surface area contributed by atoms with Crippen molar-refractivity contribution in [2.75, 3.05) is 0 Å². The number of aliphatic carboxylic acids is 1. The fraction of sp³-hybridized carbons (Fsp3) is 0.417. The molecule has 0 unspecified atom stereocenters. The van der Waals surface area contributed by atoms with Crippen molar-refractivity contribution in [1.82, 2.24) is 0 Å². The van der Waals surface area contributed by atoms with Gasteiger partial charge in [-0.05, 0) is 30.0 Å². The van der Waals surface area contributed by atoms with Crippen LogP contribution < -0.4 is 4.74 Å². The lowest BCUT2D eigenvalue weighted by Gasteiger charge is -2.13. The molecule has 17 heavy (non-hydrogen) atoms. The SMILES string of the molecule is CCc1cccc(OC(F)F)c1CCC(=O)O. The lowest BCUT2D eigenvalue weighted by atomic mass is 10.00. The highest BCUT2D eigenvalue weighted by atomic mass is 19.3. The average molecular weight is 244 g/mol. The van der Waals surface area contributed by atoms with Gasteiger partial charge in [-0.1, -0.05) is 19.1 Å². The van der Waals surface area contributed by atoms with Crippen LogP contribution in [0.2, 0.25) is 0 Å². The van der Waals surface area contributed by atoms with Crippen LogP contribution in [0.1, 0.15) is 24.5 Å². The molecule has 0 radical (unpaired) electrons. The van der Waals surface area contributed by atoms with Gasteiger partial charge in [0, 0.05) is 6.42 Å². The maximum Gasteiger partial charge on any atom is 0.387 e. The molecule has 0 aliphatic rings. The number of hydrogen-bond acceptors (Lipinski definition) is 2. The largest absolute Gasteiger partial charge is 0.481 e. The first-order valence-corrected chi connectivity index (χ1v) is 5.32. The summed E-state index contributed by atoms with van der Waals surface area (Å²) in [4.78, 5) is 10.5. The van der Waals surface area contributed by atoms with Crippen LogP contribution in [-0.4, -0.2) is 17.7 Å². The number of halogens is 2. The zero-order valence-corrected chi connectivity index (χ0v) is 9.45. The third-order valence-corrected chi connectivity index (χ3v) is 2.42. The first-order chi connectivity index (χ1) is 8.04. The summed E-state index contributed by atoms with van der Waals surface area (Å²) in [6, 6.07) is 4.85. The molecule has 0 aromatic heterocycles. The quantitative estimate of drug-likeness (QED) is 0.836. The van der Waals surface area contributed by atoms with Gasteiger partial charge in [0.1, 0.15) is 5.75 Å². The first kappa shape index (κ1) is 13.4. The number of carbonyl (C=O) groups is 1. The number of aryl methyl sites for hydroxylation is 1. The van der Waals surface area contributed by atoms with E-state index in [4.69, 9.17) is 5.11 Å². The molecule has 0 fully saturated rings. The summed E-state index contributed by atoms with van der Waals surface area (Å²) in [7, 11) is 0. The molecule has 0 saturated carbocycles. The number of hydrogen-bond donors (Lipinski definition) is 1. The second-order valence-electron chi connectivity index (χ2n) is 3.52. The van der Waals surface area contributed by atoms with E-state index < -0.39 is 12.6 Å². The van der Waals surface area contributed by atoms with Crippen LogP contribution >= 0.6 is 0 Å². The molecule has 1 aromatic rings. The highest BCUT2D eigenvalue weighted by molar-refractivity contribution is 5.67.